The fourth-order valence-corrected chi connectivity index (χ4v) is 2.60. The predicted molar refractivity (Wildman–Crippen MR) is 84.4 cm³/mol. The maximum absolute atomic E-state index is 13.3. The second-order valence-corrected chi connectivity index (χ2v) is 5.78. The molecule has 0 spiro atoms. The molecule has 1 atom stereocenters. The van der Waals surface area contributed by atoms with E-state index in [4.69, 9.17) is 4.74 Å². The Labute approximate surface area is 150 Å². The molecular formula is C17H13F3N2O5. The van der Waals surface area contributed by atoms with Crippen LogP contribution in [-0.2, 0) is 20.4 Å². The van der Waals surface area contributed by atoms with Gasteiger partial charge >= 0.3 is 18.1 Å². The molecule has 1 saturated heterocycles. The Kier molecular flexibility index (Phi) is 4.73. The van der Waals surface area contributed by atoms with Gasteiger partial charge in [-0.05, 0) is 19.1 Å². The number of halogens is 3. The molecule has 0 N–H and O–H groups in total. The summed E-state index contributed by atoms with van der Waals surface area (Å²) < 4.78 is 50.2. The first kappa shape index (κ1) is 18.6. The Morgan fingerprint density at radius 2 is 2.00 bits per heavy atom. The van der Waals surface area contributed by atoms with Crippen molar-refractivity contribution in [2.24, 2.45) is 0 Å². The van der Waals surface area contributed by atoms with Crippen LogP contribution in [0.4, 0.5) is 13.2 Å². The number of alkyl halides is 3. The van der Waals surface area contributed by atoms with E-state index in [9.17, 15) is 27.6 Å². The van der Waals surface area contributed by atoms with Crippen molar-refractivity contribution >= 4 is 11.9 Å². The van der Waals surface area contributed by atoms with Crippen LogP contribution in [-0.4, -0.2) is 34.4 Å². The minimum Gasteiger partial charge on any atom is -0.463 e. The number of carbonyl (C=O) groups excluding carboxylic acids is 2. The van der Waals surface area contributed by atoms with Crippen LogP contribution in [0.25, 0.3) is 5.69 Å². The number of nitrogens with zero attached hydrogens (tertiary/aromatic N) is 2. The normalized spacial score (nSPS) is 16.9. The lowest BCUT2D eigenvalue weighted by molar-refractivity contribution is -0.145. The zero-order valence-corrected chi connectivity index (χ0v) is 13.9. The molecule has 10 heteroatoms. The molecule has 0 bridgehead atoms. The number of benzene rings is 1. The highest BCUT2D eigenvalue weighted by atomic mass is 19.4. The number of aromatic nitrogens is 2. The fraction of sp³-hybridized carbons (Fsp3) is 0.294. The fourth-order valence-electron chi connectivity index (χ4n) is 2.60. The minimum absolute atomic E-state index is 0.0707. The van der Waals surface area contributed by atoms with Gasteiger partial charge < -0.3 is 9.47 Å². The third-order valence-electron chi connectivity index (χ3n) is 3.87. The van der Waals surface area contributed by atoms with Crippen molar-refractivity contribution in [1.29, 1.82) is 0 Å². The molecule has 0 aliphatic carbocycles. The van der Waals surface area contributed by atoms with E-state index in [0.717, 1.165) is 22.9 Å². The molecular weight excluding hydrogens is 369 g/mol. The molecule has 1 fully saturated rings. The number of para-hydroxylation sites is 1. The molecule has 0 unspecified atom stereocenters. The number of ether oxygens (including phenoxy) is 2. The Bertz CT molecular complexity index is 968. The number of cyclic esters (lactones) is 1. The molecule has 0 radical (unpaired) electrons. The van der Waals surface area contributed by atoms with E-state index in [-0.39, 0.29) is 24.4 Å². The molecule has 2 heterocycles. The summed E-state index contributed by atoms with van der Waals surface area (Å²) in [6, 6.07) is 5.59. The van der Waals surface area contributed by atoms with Crippen LogP contribution < -0.4 is 5.43 Å². The van der Waals surface area contributed by atoms with Crippen LogP contribution in [0.5, 0.6) is 0 Å². The molecule has 2 aromatic rings. The molecule has 142 valence electrons. The summed E-state index contributed by atoms with van der Waals surface area (Å²) in [5, 5.41) is 3.76. The second-order valence-electron chi connectivity index (χ2n) is 5.78. The van der Waals surface area contributed by atoms with Gasteiger partial charge in [-0.25, -0.2) is 14.3 Å². The summed E-state index contributed by atoms with van der Waals surface area (Å²) in [5.41, 5.74) is -2.80. The van der Waals surface area contributed by atoms with E-state index < -0.39 is 40.9 Å². The molecule has 27 heavy (non-hydrogen) atoms. The number of hydrogen-bond acceptors (Lipinski definition) is 6. The second kappa shape index (κ2) is 6.86. The predicted octanol–water partition coefficient (Wildman–Crippen LogP) is 2.03. The molecule has 0 amide bonds. The summed E-state index contributed by atoms with van der Waals surface area (Å²) in [6.45, 7) is 1.45. The largest absolute Gasteiger partial charge is 0.463 e. The summed E-state index contributed by atoms with van der Waals surface area (Å²) in [6.07, 6.45) is -5.71. The summed E-state index contributed by atoms with van der Waals surface area (Å²) in [5.74, 6) is -1.96. The zero-order valence-electron chi connectivity index (χ0n) is 13.9. The first-order valence-corrected chi connectivity index (χ1v) is 7.83. The lowest BCUT2D eigenvalue weighted by atomic mass is 10.1. The maximum Gasteiger partial charge on any atom is 0.418 e. The van der Waals surface area contributed by atoms with Crippen molar-refractivity contribution in [3.8, 4) is 5.69 Å². The van der Waals surface area contributed by atoms with Crippen LogP contribution in [0.15, 0.2) is 35.1 Å². The van der Waals surface area contributed by atoms with Gasteiger partial charge in [0.15, 0.2) is 0 Å². The Morgan fingerprint density at radius 1 is 1.30 bits per heavy atom. The van der Waals surface area contributed by atoms with Gasteiger partial charge in [-0.2, -0.15) is 18.3 Å². The smallest absolute Gasteiger partial charge is 0.418 e. The van der Waals surface area contributed by atoms with Crippen molar-refractivity contribution < 1.29 is 32.2 Å². The monoisotopic (exact) mass is 382 g/mol. The van der Waals surface area contributed by atoms with E-state index in [1.54, 1.807) is 0 Å². The van der Waals surface area contributed by atoms with Gasteiger partial charge in [-0.15, -0.1) is 0 Å². The van der Waals surface area contributed by atoms with Gasteiger partial charge in [0, 0.05) is 18.2 Å². The standard InChI is InChI=1S/C17H13F3N2O5/c1-9-8-12(23)14(16(25)27-13-6-7-26-15(13)24)21-22(9)11-5-3-2-4-10(11)17(18,19)20/h2-5,8,13H,6-7H2,1H3/t13-/m0/s1. The first-order chi connectivity index (χ1) is 12.7. The topological polar surface area (TPSA) is 87.5 Å². The molecule has 1 aromatic heterocycles. The Balaban J connectivity index is 2.04. The van der Waals surface area contributed by atoms with Crippen LogP contribution in [0.1, 0.15) is 28.2 Å². The van der Waals surface area contributed by atoms with E-state index in [2.05, 4.69) is 9.84 Å². The van der Waals surface area contributed by atoms with Crippen molar-refractivity contribution in [1.82, 2.24) is 9.78 Å². The maximum atomic E-state index is 13.3. The average molecular weight is 382 g/mol. The number of carbonyl (C=O) groups is 2. The van der Waals surface area contributed by atoms with Crippen molar-refractivity contribution in [2.45, 2.75) is 25.6 Å². The van der Waals surface area contributed by atoms with Gasteiger partial charge in [-0.3, -0.25) is 4.79 Å². The molecule has 0 saturated carbocycles. The SMILES string of the molecule is Cc1cc(=O)c(C(=O)O[C@H]2CCOC2=O)nn1-c1ccccc1C(F)(F)F. The molecule has 1 aliphatic rings. The third kappa shape index (κ3) is 3.69. The van der Waals surface area contributed by atoms with Gasteiger partial charge in [0.1, 0.15) is 0 Å². The van der Waals surface area contributed by atoms with Crippen molar-refractivity contribution in [3.63, 3.8) is 0 Å². The van der Waals surface area contributed by atoms with Crippen LogP contribution in [0, 0.1) is 6.92 Å². The Morgan fingerprint density at radius 3 is 2.63 bits per heavy atom. The van der Waals surface area contributed by atoms with Crippen LogP contribution >= 0.6 is 0 Å². The number of esters is 2. The van der Waals surface area contributed by atoms with E-state index >= 15 is 0 Å². The minimum atomic E-state index is -4.66. The van der Waals surface area contributed by atoms with Gasteiger partial charge in [0.2, 0.25) is 17.2 Å². The van der Waals surface area contributed by atoms with E-state index in [1.165, 1.54) is 19.1 Å². The third-order valence-corrected chi connectivity index (χ3v) is 3.87. The quantitative estimate of drug-likeness (QED) is 0.755. The number of aryl methyl sites for hydroxylation is 1. The van der Waals surface area contributed by atoms with Gasteiger partial charge in [0.05, 0.1) is 17.9 Å². The molecule has 1 aromatic carbocycles. The highest BCUT2D eigenvalue weighted by Gasteiger charge is 2.35. The Hall–Kier alpha value is -3.17. The van der Waals surface area contributed by atoms with Gasteiger partial charge in [0.25, 0.3) is 0 Å². The van der Waals surface area contributed by atoms with Gasteiger partial charge in [-0.1, -0.05) is 12.1 Å². The average Bonchev–Trinajstić information content (AvgIpc) is 2.99. The molecule has 3 rings (SSSR count). The van der Waals surface area contributed by atoms with Crippen LogP contribution in [0.2, 0.25) is 0 Å². The number of hydrogen-bond donors (Lipinski definition) is 0. The highest BCUT2D eigenvalue weighted by Crippen LogP contribution is 2.33. The zero-order chi connectivity index (χ0) is 19.8. The lowest BCUT2D eigenvalue weighted by Gasteiger charge is -2.16. The van der Waals surface area contributed by atoms with E-state index in [1.807, 2.05) is 0 Å². The van der Waals surface area contributed by atoms with Crippen LogP contribution in [0.3, 0.4) is 0 Å². The van der Waals surface area contributed by atoms with Crippen molar-refractivity contribution in [2.75, 3.05) is 6.61 Å². The summed E-state index contributed by atoms with van der Waals surface area (Å²) >= 11 is 0. The summed E-state index contributed by atoms with van der Waals surface area (Å²) in [7, 11) is 0. The lowest BCUT2D eigenvalue weighted by Crippen LogP contribution is -2.29. The first-order valence-electron chi connectivity index (χ1n) is 7.83. The van der Waals surface area contributed by atoms with Crippen molar-refractivity contribution in [3.05, 3.63) is 57.5 Å². The highest BCUT2D eigenvalue weighted by molar-refractivity contribution is 5.89. The molecule has 7 nitrogen and oxygen atoms in total. The van der Waals surface area contributed by atoms with E-state index in [0.29, 0.717) is 0 Å². The molecule has 1 aliphatic heterocycles. The summed E-state index contributed by atoms with van der Waals surface area (Å²) in [4.78, 5) is 35.7. The number of rotatable bonds is 3.